The van der Waals surface area contributed by atoms with E-state index in [0.29, 0.717) is 0 Å². The van der Waals surface area contributed by atoms with Gasteiger partial charge in [0, 0.05) is 32.8 Å². The number of furan rings is 2. The fourth-order valence-corrected chi connectivity index (χ4v) is 7.29. The van der Waals surface area contributed by atoms with Crippen molar-refractivity contribution in [3.8, 4) is 22.3 Å². The molecule has 0 atom stereocenters. The van der Waals surface area contributed by atoms with Crippen LogP contribution >= 0.6 is 0 Å². The van der Waals surface area contributed by atoms with Gasteiger partial charge in [-0.1, -0.05) is 121 Å². The van der Waals surface area contributed by atoms with Crippen LogP contribution in [-0.2, 0) is 0 Å². The highest BCUT2D eigenvalue weighted by Gasteiger charge is 2.22. The highest BCUT2D eigenvalue weighted by Crippen LogP contribution is 2.46. The van der Waals surface area contributed by atoms with Gasteiger partial charge in [0.2, 0.25) is 0 Å². The predicted octanol–water partition coefficient (Wildman–Crippen LogP) is 13.4. The normalized spacial score (nSPS) is 11.7. The van der Waals surface area contributed by atoms with Crippen molar-refractivity contribution in [2.24, 2.45) is 0 Å². The monoisotopic (exact) mass is 627 g/mol. The third-order valence-electron chi connectivity index (χ3n) is 9.67. The van der Waals surface area contributed by atoms with Crippen LogP contribution in [0.15, 0.2) is 185 Å². The molecule has 0 unspecified atom stereocenters. The SMILES string of the molecule is c1ccc(N(c2ccc(-c3ccc4ccccc4c3)cc2)c2cccc3c2oc2ccccc23)c(-c2ccc3oc4ccccc4c3c2)c1. The average molecular weight is 628 g/mol. The minimum absolute atomic E-state index is 0.855. The molecule has 8 aromatic carbocycles. The van der Waals surface area contributed by atoms with Gasteiger partial charge in [0.1, 0.15) is 16.7 Å². The lowest BCUT2D eigenvalue weighted by atomic mass is 9.98. The Morgan fingerprint density at radius 1 is 0.347 bits per heavy atom. The molecule has 0 aliphatic rings. The Morgan fingerprint density at radius 3 is 1.82 bits per heavy atom. The van der Waals surface area contributed by atoms with Gasteiger partial charge in [-0.3, -0.25) is 0 Å². The number of anilines is 3. The van der Waals surface area contributed by atoms with Gasteiger partial charge in [-0.15, -0.1) is 0 Å². The van der Waals surface area contributed by atoms with Crippen LogP contribution in [-0.4, -0.2) is 0 Å². The molecule has 0 saturated heterocycles. The number of hydrogen-bond acceptors (Lipinski definition) is 3. The Bertz CT molecular complexity index is 2840. The summed E-state index contributed by atoms with van der Waals surface area (Å²) in [6.07, 6.45) is 0. The van der Waals surface area contributed by atoms with Crippen LogP contribution in [0, 0.1) is 0 Å². The third-order valence-corrected chi connectivity index (χ3v) is 9.67. The summed E-state index contributed by atoms with van der Waals surface area (Å²) in [5.74, 6) is 0. The molecule has 0 N–H and O–H groups in total. The number of fused-ring (bicyclic) bond motifs is 7. The summed E-state index contributed by atoms with van der Waals surface area (Å²) in [5.41, 5.74) is 11.2. The first-order valence-electron chi connectivity index (χ1n) is 16.6. The quantitative estimate of drug-likeness (QED) is 0.190. The van der Waals surface area contributed by atoms with E-state index in [4.69, 9.17) is 8.83 Å². The summed E-state index contributed by atoms with van der Waals surface area (Å²) in [6, 6.07) is 62.1. The molecule has 10 rings (SSSR count). The fourth-order valence-electron chi connectivity index (χ4n) is 7.29. The number of rotatable bonds is 5. The van der Waals surface area contributed by atoms with Crippen molar-refractivity contribution in [3.63, 3.8) is 0 Å². The molecule has 2 aromatic heterocycles. The zero-order valence-electron chi connectivity index (χ0n) is 26.5. The van der Waals surface area contributed by atoms with Crippen LogP contribution in [0.2, 0.25) is 0 Å². The Kier molecular flexibility index (Phi) is 6.18. The smallest absolute Gasteiger partial charge is 0.159 e. The highest BCUT2D eigenvalue weighted by molar-refractivity contribution is 6.11. The first kappa shape index (κ1) is 27.5. The van der Waals surface area contributed by atoms with E-state index in [-0.39, 0.29) is 0 Å². The molecule has 230 valence electrons. The maximum absolute atomic E-state index is 6.63. The molecule has 0 aliphatic heterocycles. The van der Waals surface area contributed by atoms with E-state index in [2.05, 4.69) is 157 Å². The van der Waals surface area contributed by atoms with Gasteiger partial charge < -0.3 is 13.7 Å². The zero-order chi connectivity index (χ0) is 32.3. The molecule has 0 fully saturated rings. The number of hydrogen-bond donors (Lipinski definition) is 0. The largest absolute Gasteiger partial charge is 0.456 e. The number of nitrogens with zero attached hydrogens (tertiary/aromatic N) is 1. The summed E-state index contributed by atoms with van der Waals surface area (Å²) < 4.78 is 12.8. The predicted molar refractivity (Wildman–Crippen MR) is 204 cm³/mol. The Hall–Kier alpha value is -6.58. The second-order valence-electron chi connectivity index (χ2n) is 12.5. The first-order chi connectivity index (χ1) is 24.3. The van der Waals surface area contributed by atoms with E-state index in [9.17, 15) is 0 Å². The molecule has 0 bridgehead atoms. The molecule has 0 amide bonds. The van der Waals surface area contributed by atoms with Gasteiger partial charge in [0.05, 0.1) is 11.4 Å². The van der Waals surface area contributed by atoms with Crippen LogP contribution in [0.25, 0.3) is 76.9 Å². The van der Waals surface area contributed by atoms with Crippen LogP contribution in [0.4, 0.5) is 17.1 Å². The molecular formula is C46H29NO2. The zero-order valence-corrected chi connectivity index (χ0v) is 26.5. The lowest BCUT2D eigenvalue weighted by Crippen LogP contribution is -2.11. The second-order valence-corrected chi connectivity index (χ2v) is 12.5. The topological polar surface area (TPSA) is 29.5 Å². The molecule has 0 saturated carbocycles. The standard InChI is InChI=1S/C46H29NO2/c1-2-11-32-28-33(21-20-30(32)10-1)31-22-25-35(26-23-31)47(42-17-9-15-39-37-13-4-8-19-44(37)49-46(39)42)41-16-6-3-12-36(41)34-24-27-45-40(29-34)38-14-5-7-18-43(38)48-45/h1-29H. The fraction of sp³-hybridized carbons (Fsp3) is 0. The van der Waals surface area contributed by atoms with E-state index in [0.717, 1.165) is 72.1 Å². The van der Waals surface area contributed by atoms with Crippen molar-refractivity contribution in [2.75, 3.05) is 4.90 Å². The molecule has 0 spiro atoms. The molecule has 10 aromatic rings. The van der Waals surface area contributed by atoms with E-state index >= 15 is 0 Å². The Morgan fingerprint density at radius 2 is 0.959 bits per heavy atom. The van der Waals surface area contributed by atoms with Gasteiger partial charge in [0.25, 0.3) is 0 Å². The lowest BCUT2D eigenvalue weighted by molar-refractivity contribution is 0.668. The number of benzene rings is 8. The second kappa shape index (κ2) is 11.0. The summed E-state index contributed by atoms with van der Waals surface area (Å²) in [4.78, 5) is 2.34. The van der Waals surface area contributed by atoms with E-state index in [1.54, 1.807) is 0 Å². The van der Waals surface area contributed by atoms with E-state index in [1.807, 2.05) is 24.3 Å². The van der Waals surface area contributed by atoms with Gasteiger partial charge in [0.15, 0.2) is 5.58 Å². The molecule has 3 heteroatoms. The summed E-state index contributed by atoms with van der Waals surface area (Å²) in [7, 11) is 0. The van der Waals surface area contributed by atoms with Crippen LogP contribution in [0.5, 0.6) is 0 Å². The van der Waals surface area contributed by atoms with Gasteiger partial charge in [-0.05, 0) is 82.1 Å². The van der Waals surface area contributed by atoms with Crippen molar-refractivity contribution in [2.45, 2.75) is 0 Å². The number of para-hydroxylation sites is 4. The molecule has 0 aliphatic carbocycles. The Balaban J connectivity index is 1.18. The maximum atomic E-state index is 6.63. The molecule has 0 radical (unpaired) electrons. The van der Waals surface area contributed by atoms with Crippen molar-refractivity contribution >= 4 is 71.7 Å². The molecular weight excluding hydrogens is 599 g/mol. The van der Waals surface area contributed by atoms with Gasteiger partial charge in [-0.25, -0.2) is 0 Å². The molecule has 2 heterocycles. The van der Waals surface area contributed by atoms with Crippen LogP contribution < -0.4 is 4.90 Å². The van der Waals surface area contributed by atoms with Crippen molar-refractivity contribution in [1.82, 2.24) is 0 Å². The minimum atomic E-state index is 0.855. The average Bonchev–Trinajstić information content (AvgIpc) is 3.74. The van der Waals surface area contributed by atoms with Crippen LogP contribution in [0.3, 0.4) is 0 Å². The first-order valence-corrected chi connectivity index (χ1v) is 16.6. The molecule has 49 heavy (non-hydrogen) atoms. The van der Waals surface area contributed by atoms with Crippen LogP contribution in [0.1, 0.15) is 0 Å². The van der Waals surface area contributed by atoms with Crippen molar-refractivity contribution in [1.29, 1.82) is 0 Å². The van der Waals surface area contributed by atoms with E-state index < -0.39 is 0 Å². The lowest BCUT2D eigenvalue weighted by Gasteiger charge is -2.28. The highest BCUT2D eigenvalue weighted by atomic mass is 16.3. The van der Waals surface area contributed by atoms with Gasteiger partial charge in [-0.2, -0.15) is 0 Å². The summed E-state index contributed by atoms with van der Waals surface area (Å²) in [5, 5.41) is 6.90. The summed E-state index contributed by atoms with van der Waals surface area (Å²) in [6.45, 7) is 0. The third kappa shape index (κ3) is 4.51. The maximum Gasteiger partial charge on any atom is 0.159 e. The van der Waals surface area contributed by atoms with Crippen molar-refractivity contribution < 1.29 is 8.83 Å². The van der Waals surface area contributed by atoms with Gasteiger partial charge >= 0.3 is 0 Å². The summed E-state index contributed by atoms with van der Waals surface area (Å²) >= 11 is 0. The molecule has 3 nitrogen and oxygen atoms in total. The van der Waals surface area contributed by atoms with Crippen molar-refractivity contribution in [3.05, 3.63) is 176 Å². The van der Waals surface area contributed by atoms with E-state index in [1.165, 1.54) is 21.9 Å². The minimum Gasteiger partial charge on any atom is -0.456 e. The Labute approximate surface area is 282 Å².